The molecule has 0 heterocycles. The molecule has 108 valence electrons. The van der Waals surface area contributed by atoms with Crippen LogP contribution in [0.3, 0.4) is 0 Å². The van der Waals surface area contributed by atoms with Gasteiger partial charge in [0.05, 0.1) is 6.10 Å². The van der Waals surface area contributed by atoms with Crippen molar-refractivity contribution in [3.05, 3.63) is 11.6 Å². The lowest BCUT2D eigenvalue weighted by atomic mass is 10.00. The van der Waals surface area contributed by atoms with E-state index < -0.39 is 6.10 Å². The van der Waals surface area contributed by atoms with E-state index in [0.717, 1.165) is 37.4 Å². The summed E-state index contributed by atoms with van der Waals surface area (Å²) in [6.07, 6.45) is 6.48. The van der Waals surface area contributed by atoms with Gasteiger partial charge in [0.1, 0.15) is 12.6 Å². The second kappa shape index (κ2) is 16.0. The molecule has 0 saturated heterocycles. The third-order valence-corrected chi connectivity index (χ3v) is 2.58. The normalized spacial score (nSPS) is 13.5. The summed E-state index contributed by atoms with van der Waals surface area (Å²) in [5.41, 5.74) is 0.910. The number of rotatable bonds is 7. The van der Waals surface area contributed by atoms with Crippen LogP contribution in [0.4, 0.5) is 0 Å². The molecule has 0 aromatic heterocycles. The standard InChI is InChI=1S/C7H14O2.C7H12O.H2O/c1-3-6(5-8)7(9)4-2;1-3-5-7(4-2)6-8;/h5-7,9H,3-4H2,1-2H3;5-6H,3-4H2,1-2H3;1H2/b;7-5+;. The SMILES string of the molecule is CC/C=C(/C=O)CC.CCC(O)C(C=O)CC.O. The zero-order valence-electron chi connectivity index (χ0n) is 12.0. The van der Waals surface area contributed by atoms with Crippen molar-refractivity contribution >= 4 is 12.6 Å². The van der Waals surface area contributed by atoms with Gasteiger partial charge in [-0.2, -0.15) is 0 Å². The number of carbonyl (C=O) groups is 2. The van der Waals surface area contributed by atoms with Crippen molar-refractivity contribution in [1.82, 2.24) is 0 Å². The van der Waals surface area contributed by atoms with Crippen molar-refractivity contribution in [3.8, 4) is 0 Å². The predicted octanol–water partition coefficient (Wildman–Crippen LogP) is 2.09. The Morgan fingerprint density at radius 3 is 1.78 bits per heavy atom. The third-order valence-electron chi connectivity index (χ3n) is 2.58. The molecule has 0 aliphatic rings. The van der Waals surface area contributed by atoms with Crippen LogP contribution < -0.4 is 0 Å². The fourth-order valence-corrected chi connectivity index (χ4v) is 1.30. The largest absolute Gasteiger partial charge is 0.412 e. The van der Waals surface area contributed by atoms with Crippen LogP contribution in [0.5, 0.6) is 0 Å². The van der Waals surface area contributed by atoms with E-state index >= 15 is 0 Å². The van der Waals surface area contributed by atoms with Gasteiger partial charge in [-0.1, -0.05) is 33.8 Å². The molecule has 2 atom stereocenters. The van der Waals surface area contributed by atoms with E-state index in [2.05, 4.69) is 0 Å². The zero-order valence-corrected chi connectivity index (χ0v) is 12.0. The average molecular weight is 260 g/mol. The maximum Gasteiger partial charge on any atom is 0.145 e. The molecular weight excluding hydrogens is 232 g/mol. The number of allylic oxidation sites excluding steroid dienone is 2. The molecule has 0 aliphatic carbocycles. The van der Waals surface area contributed by atoms with Gasteiger partial charge in [0.25, 0.3) is 0 Å². The highest BCUT2D eigenvalue weighted by atomic mass is 16.3. The number of carbonyl (C=O) groups excluding carboxylic acids is 2. The summed E-state index contributed by atoms with van der Waals surface area (Å²) in [6, 6.07) is 0. The molecule has 0 bridgehead atoms. The molecule has 18 heavy (non-hydrogen) atoms. The summed E-state index contributed by atoms with van der Waals surface area (Å²) in [5.74, 6) is -0.157. The summed E-state index contributed by atoms with van der Waals surface area (Å²) in [4.78, 5) is 20.2. The molecular formula is C14H28O4. The van der Waals surface area contributed by atoms with Crippen LogP contribution in [0, 0.1) is 5.92 Å². The van der Waals surface area contributed by atoms with Gasteiger partial charge in [-0.25, -0.2) is 0 Å². The number of aldehydes is 2. The molecule has 4 heteroatoms. The molecule has 3 N–H and O–H groups in total. The predicted molar refractivity (Wildman–Crippen MR) is 74.5 cm³/mol. The summed E-state index contributed by atoms with van der Waals surface area (Å²) >= 11 is 0. The van der Waals surface area contributed by atoms with Crippen LogP contribution in [0.15, 0.2) is 11.6 Å². The van der Waals surface area contributed by atoms with Crippen LogP contribution in [0.2, 0.25) is 0 Å². The van der Waals surface area contributed by atoms with Crippen molar-refractivity contribution in [3.63, 3.8) is 0 Å². The van der Waals surface area contributed by atoms with Crippen molar-refractivity contribution < 1.29 is 20.2 Å². The lowest BCUT2D eigenvalue weighted by molar-refractivity contribution is -0.114. The maximum atomic E-state index is 10.2. The van der Waals surface area contributed by atoms with E-state index in [0.29, 0.717) is 6.42 Å². The maximum absolute atomic E-state index is 10.2. The van der Waals surface area contributed by atoms with E-state index in [4.69, 9.17) is 5.11 Å². The Labute approximate surface area is 110 Å². The highest BCUT2D eigenvalue weighted by molar-refractivity contribution is 5.72. The molecule has 0 radical (unpaired) electrons. The lowest BCUT2D eigenvalue weighted by Crippen LogP contribution is -2.19. The van der Waals surface area contributed by atoms with Gasteiger partial charge in [-0.3, -0.25) is 4.79 Å². The van der Waals surface area contributed by atoms with Gasteiger partial charge in [0, 0.05) is 5.92 Å². The van der Waals surface area contributed by atoms with Crippen LogP contribution in [-0.2, 0) is 9.59 Å². The van der Waals surface area contributed by atoms with Gasteiger partial charge < -0.3 is 15.4 Å². The van der Waals surface area contributed by atoms with Crippen LogP contribution in [-0.4, -0.2) is 29.3 Å². The first-order valence-electron chi connectivity index (χ1n) is 6.38. The van der Waals surface area contributed by atoms with Crippen molar-refractivity contribution in [2.45, 2.75) is 59.5 Å². The number of aliphatic hydroxyl groups is 1. The molecule has 0 aromatic carbocycles. The molecule has 0 saturated carbocycles. The molecule has 2 unspecified atom stereocenters. The Kier molecular flexibility index (Phi) is 19.7. The molecule has 0 fully saturated rings. The highest BCUT2D eigenvalue weighted by Crippen LogP contribution is 2.07. The highest BCUT2D eigenvalue weighted by Gasteiger charge is 2.12. The van der Waals surface area contributed by atoms with Crippen LogP contribution in [0.25, 0.3) is 0 Å². The summed E-state index contributed by atoms with van der Waals surface area (Å²) < 4.78 is 0. The smallest absolute Gasteiger partial charge is 0.145 e. The summed E-state index contributed by atoms with van der Waals surface area (Å²) in [7, 11) is 0. The van der Waals surface area contributed by atoms with E-state index in [-0.39, 0.29) is 11.4 Å². The minimum atomic E-state index is -0.438. The van der Waals surface area contributed by atoms with E-state index in [1.165, 1.54) is 0 Å². The first kappa shape index (κ1) is 22.2. The molecule has 0 rings (SSSR count). The summed E-state index contributed by atoms with van der Waals surface area (Å²) in [6.45, 7) is 7.78. The second-order valence-electron chi connectivity index (χ2n) is 3.84. The van der Waals surface area contributed by atoms with Crippen LogP contribution in [0.1, 0.15) is 53.4 Å². The first-order valence-corrected chi connectivity index (χ1v) is 6.38. The lowest BCUT2D eigenvalue weighted by Gasteiger charge is -2.12. The Balaban J connectivity index is -0.000000238. The quantitative estimate of drug-likeness (QED) is 0.561. The second-order valence-corrected chi connectivity index (χ2v) is 3.84. The Bertz CT molecular complexity index is 224. The average Bonchev–Trinajstić information content (AvgIpc) is 2.37. The van der Waals surface area contributed by atoms with Crippen LogP contribution >= 0.6 is 0 Å². The minimum absolute atomic E-state index is 0. The molecule has 4 nitrogen and oxygen atoms in total. The van der Waals surface area contributed by atoms with Gasteiger partial charge in [0.2, 0.25) is 0 Å². The molecule has 0 aliphatic heterocycles. The van der Waals surface area contributed by atoms with Crippen molar-refractivity contribution in [1.29, 1.82) is 0 Å². The Morgan fingerprint density at radius 2 is 1.67 bits per heavy atom. The van der Waals surface area contributed by atoms with Crippen molar-refractivity contribution in [2.24, 2.45) is 5.92 Å². The Morgan fingerprint density at radius 1 is 1.11 bits per heavy atom. The first-order chi connectivity index (χ1) is 8.10. The molecule has 0 spiro atoms. The third kappa shape index (κ3) is 11.5. The number of aliphatic hydroxyl groups excluding tert-OH is 1. The zero-order chi connectivity index (χ0) is 13.7. The summed E-state index contributed by atoms with van der Waals surface area (Å²) in [5, 5.41) is 9.09. The van der Waals surface area contributed by atoms with Gasteiger partial charge in [-0.15, -0.1) is 0 Å². The van der Waals surface area contributed by atoms with Crippen molar-refractivity contribution in [2.75, 3.05) is 0 Å². The molecule has 0 amide bonds. The fraction of sp³-hybridized carbons (Fsp3) is 0.714. The minimum Gasteiger partial charge on any atom is -0.412 e. The van der Waals surface area contributed by atoms with E-state index in [1.807, 2.05) is 33.8 Å². The number of hydrogen-bond acceptors (Lipinski definition) is 3. The fourth-order valence-electron chi connectivity index (χ4n) is 1.30. The topological polar surface area (TPSA) is 85.9 Å². The number of hydrogen-bond donors (Lipinski definition) is 1. The van der Waals surface area contributed by atoms with Gasteiger partial charge in [-0.05, 0) is 31.3 Å². The monoisotopic (exact) mass is 260 g/mol. The van der Waals surface area contributed by atoms with E-state index in [1.54, 1.807) is 0 Å². The Hall–Kier alpha value is -1.00. The van der Waals surface area contributed by atoms with E-state index in [9.17, 15) is 9.59 Å². The molecule has 0 aromatic rings. The van der Waals surface area contributed by atoms with Gasteiger partial charge in [0.15, 0.2) is 0 Å². The van der Waals surface area contributed by atoms with Gasteiger partial charge >= 0.3 is 0 Å².